The van der Waals surface area contributed by atoms with Crippen molar-refractivity contribution in [1.29, 1.82) is 0 Å². The van der Waals surface area contributed by atoms with Gasteiger partial charge < -0.3 is 10.8 Å². The van der Waals surface area contributed by atoms with Gasteiger partial charge in [-0.1, -0.05) is 27.5 Å². The van der Waals surface area contributed by atoms with Crippen LogP contribution in [0.15, 0.2) is 22.7 Å². The van der Waals surface area contributed by atoms with Crippen LogP contribution in [0.4, 0.5) is 0 Å². The number of aliphatic hydroxyl groups is 1. The smallest absolute Gasteiger partial charge is 0.0624 e. The van der Waals surface area contributed by atoms with E-state index in [0.717, 1.165) is 10.0 Å². The van der Waals surface area contributed by atoms with Crippen LogP contribution < -0.4 is 5.73 Å². The molecule has 3 N–H and O–H groups in total. The Hall–Kier alpha value is 0.200. The third-order valence-corrected chi connectivity index (χ3v) is 2.19. The van der Waals surface area contributed by atoms with Crippen LogP contribution in [0.25, 0.3) is 0 Å². The Morgan fingerprint density at radius 3 is 2.54 bits per heavy atom. The van der Waals surface area contributed by atoms with Gasteiger partial charge in [0, 0.05) is 9.50 Å². The molecule has 0 saturated carbocycles. The molecule has 1 aromatic rings. The van der Waals surface area contributed by atoms with E-state index in [1.165, 1.54) is 0 Å². The second-order valence-corrected chi connectivity index (χ2v) is 3.84. The highest BCUT2D eigenvalue weighted by molar-refractivity contribution is 9.10. The lowest BCUT2D eigenvalue weighted by molar-refractivity contribution is 0.268. The molecule has 0 unspecified atom stereocenters. The fourth-order valence-electron chi connectivity index (χ4n) is 0.895. The first-order chi connectivity index (χ1) is 5.63. The fraction of sp³-hybridized carbons (Fsp3) is 0.250. The molecule has 0 aromatic heterocycles. The topological polar surface area (TPSA) is 46.2 Å². The average Bonchev–Trinajstić information content (AvgIpc) is 2.01. The van der Waals surface area contributed by atoms with Crippen LogP contribution in [0, 0.1) is 0 Å². The van der Waals surface area contributed by atoms with Gasteiger partial charge in [-0.25, -0.2) is 0 Å². The molecule has 5 heteroatoms. The molecule has 0 bridgehead atoms. The molecule has 0 saturated heterocycles. The maximum absolute atomic E-state index is 8.79. The van der Waals surface area contributed by atoms with E-state index in [0.29, 0.717) is 5.02 Å². The van der Waals surface area contributed by atoms with Crippen molar-refractivity contribution in [2.45, 2.75) is 6.04 Å². The van der Waals surface area contributed by atoms with Gasteiger partial charge in [-0.2, -0.15) is 0 Å². The molecule has 0 aliphatic heterocycles. The summed E-state index contributed by atoms with van der Waals surface area (Å²) < 4.78 is 0.869. The molecule has 2 nitrogen and oxygen atoms in total. The number of hydrogen-bond donors (Lipinski definition) is 2. The van der Waals surface area contributed by atoms with Crippen LogP contribution in [0.3, 0.4) is 0 Å². The summed E-state index contributed by atoms with van der Waals surface area (Å²) in [6.07, 6.45) is 0. The Bertz CT molecular complexity index is 263. The summed E-state index contributed by atoms with van der Waals surface area (Å²) in [6, 6.07) is 5.00. The standard InChI is InChI=1S/C8H9BrClNO.ClH/c9-6-1-5(8(11)4-12)2-7(10)3-6;/h1-3,8,12H,4,11H2;1H/t8-;/m1./s1. The monoisotopic (exact) mass is 285 g/mol. The Labute approximate surface area is 96.6 Å². The molecule has 1 atom stereocenters. The second kappa shape index (κ2) is 5.83. The van der Waals surface area contributed by atoms with E-state index >= 15 is 0 Å². The van der Waals surface area contributed by atoms with Crippen molar-refractivity contribution in [3.8, 4) is 0 Å². The number of halogens is 3. The highest BCUT2D eigenvalue weighted by Crippen LogP contribution is 2.22. The lowest BCUT2D eigenvalue weighted by Gasteiger charge is -2.08. The predicted molar refractivity (Wildman–Crippen MR) is 60.4 cm³/mol. The minimum atomic E-state index is -0.361. The van der Waals surface area contributed by atoms with Crippen molar-refractivity contribution >= 4 is 39.9 Å². The number of benzene rings is 1. The van der Waals surface area contributed by atoms with Gasteiger partial charge in [0.2, 0.25) is 0 Å². The van der Waals surface area contributed by atoms with E-state index in [1.54, 1.807) is 12.1 Å². The first-order valence-electron chi connectivity index (χ1n) is 3.46. The van der Waals surface area contributed by atoms with Gasteiger partial charge in [-0.15, -0.1) is 12.4 Å². The third-order valence-electron chi connectivity index (χ3n) is 1.51. The molecule has 0 heterocycles. The van der Waals surface area contributed by atoms with E-state index in [2.05, 4.69) is 15.9 Å². The zero-order valence-electron chi connectivity index (χ0n) is 6.71. The summed E-state index contributed by atoms with van der Waals surface area (Å²) >= 11 is 9.07. The van der Waals surface area contributed by atoms with Gasteiger partial charge in [0.05, 0.1) is 12.6 Å². The minimum absolute atomic E-state index is 0. The van der Waals surface area contributed by atoms with E-state index in [4.69, 9.17) is 22.4 Å². The van der Waals surface area contributed by atoms with Crippen molar-refractivity contribution in [1.82, 2.24) is 0 Å². The number of hydrogen-bond acceptors (Lipinski definition) is 2. The molecule has 74 valence electrons. The molecule has 1 aromatic carbocycles. The number of nitrogens with two attached hydrogens (primary N) is 1. The van der Waals surface area contributed by atoms with Gasteiger partial charge >= 0.3 is 0 Å². The third kappa shape index (κ3) is 3.83. The van der Waals surface area contributed by atoms with E-state index in [1.807, 2.05) is 6.07 Å². The van der Waals surface area contributed by atoms with Crippen molar-refractivity contribution in [2.24, 2.45) is 5.73 Å². The van der Waals surface area contributed by atoms with Crippen LogP contribution in [0.1, 0.15) is 11.6 Å². The van der Waals surface area contributed by atoms with Crippen LogP contribution in [0.2, 0.25) is 5.02 Å². The van der Waals surface area contributed by atoms with Crippen LogP contribution in [-0.4, -0.2) is 11.7 Å². The fourth-order valence-corrected chi connectivity index (χ4v) is 1.78. The number of aliphatic hydroxyl groups excluding tert-OH is 1. The summed E-state index contributed by atoms with van der Waals surface area (Å²) in [5.74, 6) is 0. The molecule has 0 spiro atoms. The molecule has 0 aliphatic carbocycles. The van der Waals surface area contributed by atoms with Crippen LogP contribution in [-0.2, 0) is 0 Å². The average molecular weight is 287 g/mol. The van der Waals surface area contributed by atoms with E-state index < -0.39 is 0 Å². The Morgan fingerprint density at radius 2 is 2.08 bits per heavy atom. The van der Waals surface area contributed by atoms with Crippen molar-refractivity contribution < 1.29 is 5.11 Å². The molecular formula is C8H10BrCl2NO. The quantitative estimate of drug-likeness (QED) is 0.878. The second-order valence-electron chi connectivity index (χ2n) is 2.49. The summed E-state index contributed by atoms with van der Waals surface area (Å²) in [5.41, 5.74) is 6.43. The van der Waals surface area contributed by atoms with E-state index in [-0.39, 0.29) is 25.1 Å². The molecule has 0 fully saturated rings. The first kappa shape index (κ1) is 13.2. The zero-order valence-corrected chi connectivity index (χ0v) is 9.86. The molecular weight excluding hydrogens is 277 g/mol. The van der Waals surface area contributed by atoms with Crippen molar-refractivity contribution in [2.75, 3.05) is 6.61 Å². The lowest BCUT2D eigenvalue weighted by Crippen LogP contribution is -2.14. The summed E-state index contributed by atoms with van der Waals surface area (Å²) in [7, 11) is 0. The van der Waals surface area contributed by atoms with Gasteiger partial charge in [0.25, 0.3) is 0 Å². The normalized spacial score (nSPS) is 12.0. The highest BCUT2D eigenvalue weighted by atomic mass is 79.9. The molecule has 0 amide bonds. The molecule has 0 aliphatic rings. The SMILES string of the molecule is Cl.N[C@H](CO)c1cc(Cl)cc(Br)c1. The Balaban J connectivity index is 0.00000144. The highest BCUT2D eigenvalue weighted by Gasteiger charge is 2.05. The molecule has 13 heavy (non-hydrogen) atoms. The Morgan fingerprint density at radius 1 is 1.46 bits per heavy atom. The summed E-state index contributed by atoms with van der Waals surface area (Å²) in [5, 5.41) is 9.40. The number of rotatable bonds is 2. The van der Waals surface area contributed by atoms with Gasteiger partial charge in [-0.3, -0.25) is 0 Å². The maximum atomic E-state index is 8.79. The lowest BCUT2D eigenvalue weighted by atomic mass is 10.1. The molecule has 0 radical (unpaired) electrons. The van der Waals surface area contributed by atoms with Gasteiger partial charge in [-0.05, 0) is 23.8 Å². The summed E-state index contributed by atoms with van der Waals surface area (Å²) in [6.45, 7) is -0.0766. The van der Waals surface area contributed by atoms with Gasteiger partial charge in [0.15, 0.2) is 0 Å². The maximum Gasteiger partial charge on any atom is 0.0624 e. The van der Waals surface area contributed by atoms with Gasteiger partial charge in [0.1, 0.15) is 0 Å². The summed E-state index contributed by atoms with van der Waals surface area (Å²) in [4.78, 5) is 0. The largest absolute Gasteiger partial charge is 0.394 e. The van der Waals surface area contributed by atoms with Crippen molar-refractivity contribution in [3.63, 3.8) is 0 Å². The zero-order chi connectivity index (χ0) is 9.14. The van der Waals surface area contributed by atoms with Crippen LogP contribution in [0.5, 0.6) is 0 Å². The predicted octanol–water partition coefficient (Wildman–Crippen LogP) is 2.52. The van der Waals surface area contributed by atoms with Crippen LogP contribution >= 0.6 is 39.9 Å². The van der Waals surface area contributed by atoms with E-state index in [9.17, 15) is 0 Å². The Kier molecular flexibility index (Phi) is 5.92. The van der Waals surface area contributed by atoms with Crippen molar-refractivity contribution in [3.05, 3.63) is 33.3 Å². The first-order valence-corrected chi connectivity index (χ1v) is 4.63. The molecule has 1 rings (SSSR count). The minimum Gasteiger partial charge on any atom is -0.394 e.